The largest absolute Gasteiger partial charge is 0.416 e. The second kappa shape index (κ2) is 7.14. The van der Waals surface area contributed by atoms with Crippen molar-refractivity contribution in [1.82, 2.24) is 20.2 Å². The first kappa shape index (κ1) is 18.5. The number of tetrazole rings is 1. The maximum Gasteiger partial charge on any atom is 0.416 e. The van der Waals surface area contributed by atoms with E-state index in [-0.39, 0.29) is 23.6 Å². The molecule has 2 aromatic carbocycles. The summed E-state index contributed by atoms with van der Waals surface area (Å²) in [5.74, 6) is -1.04. The highest BCUT2D eigenvalue weighted by molar-refractivity contribution is 5.90. The van der Waals surface area contributed by atoms with E-state index in [1.54, 1.807) is 13.0 Å². The number of nitrogens with one attached hydrogen (secondary N) is 1. The van der Waals surface area contributed by atoms with Gasteiger partial charge < -0.3 is 5.32 Å². The summed E-state index contributed by atoms with van der Waals surface area (Å²) in [6.45, 7) is 1.26. The van der Waals surface area contributed by atoms with Gasteiger partial charge in [0.2, 0.25) is 11.7 Å². The summed E-state index contributed by atoms with van der Waals surface area (Å²) in [6, 6.07) is 8.71. The number of aromatic nitrogens is 4. The van der Waals surface area contributed by atoms with Gasteiger partial charge in [0.15, 0.2) is 0 Å². The summed E-state index contributed by atoms with van der Waals surface area (Å²) in [7, 11) is 0. The number of amides is 1. The molecule has 27 heavy (non-hydrogen) atoms. The highest BCUT2D eigenvalue weighted by Crippen LogP contribution is 2.31. The maximum absolute atomic E-state index is 13.5. The highest BCUT2D eigenvalue weighted by atomic mass is 19.4. The predicted molar refractivity (Wildman–Crippen MR) is 88.0 cm³/mol. The Kier molecular flexibility index (Phi) is 4.89. The fourth-order valence-corrected chi connectivity index (χ4v) is 2.26. The van der Waals surface area contributed by atoms with Gasteiger partial charge in [-0.3, -0.25) is 4.79 Å². The van der Waals surface area contributed by atoms with Crippen molar-refractivity contribution in [3.8, 4) is 11.4 Å². The van der Waals surface area contributed by atoms with Gasteiger partial charge in [-0.15, -0.1) is 10.2 Å². The number of nitrogens with zero attached hydrogens (tertiary/aromatic N) is 4. The van der Waals surface area contributed by atoms with Crippen LogP contribution in [0.25, 0.3) is 11.4 Å². The molecule has 3 rings (SSSR count). The van der Waals surface area contributed by atoms with Crippen LogP contribution in [0.4, 0.5) is 23.2 Å². The van der Waals surface area contributed by atoms with Crippen LogP contribution in [0.5, 0.6) is 0 Å². The maximum atomic E-state index is 13.5. The molecule has 0 saturated heterocycles. The zero-order valence-corrected chi connectivity index (χ0v) is 14.0. The summed E-state index contributed by atoms with van der Waals surface area (Å²) < 4.78 is 51.8. The minimum atomic E-state index is -4.49. The molecule has 0 aliphatic heterocycles. The van der Waals surface area contributed by atoms with Crippen molar-refractivity contribution in [3.05, 3.63) is 59.4 Å². The third kappa shape index (κ3) is 4.46. The second-order valence-electron chi connectivity index (χ2n) is 5.73. The first-order valence-corrected chi connectivity index (χ1v) is 7.74. The molecule has 0 aliphatic rings. The lowest BCUT2D eigenvalue weighted by atomic mass is 10.1. The fraction of sp³-hybridized carbons (Fsp3) is 0.176. The van der Waals surface area contributed by atoms with E-state index in [4.69, 9.17) is 0 Å². The van der Waals surface area contributed by atoms with Crippen LogP contribution in [-0.4, -0.2) is 26.1 Å². The van der Waals surface area contributed by atoms with E-state index in [2.05, 4.69) is 20.7 Å². The van der Waals surface area contributed by atoms with Crippen molar-refractivity contribution >= 4 is 11.6 Å². The fourth-order valence-electron chi connectivity index (χ4n) is 2.26. The van der Waals surface area contributed by atoms with Gasteiger partial charge in [-0.25, -0.2) is 4.39 Å². The molecule has 0 radical (unpaired) electrons. The first-order valence-electron chi connectivity index (χ1n) is 7.74. The Morgan fingerprint density at radius 3 is 2.67 bits per heavy atom. The topological polar surface area (TPSA) is 72.7 Å². The van der Waals surface area contributed by atoms with E-state index < -0.39 is 23.5 Å². The molecule has 1 heterocycles. The minimum absolute atomic E-state index is 0.0460. The molecule has 1 aromatic heterocycles. The van der Waals surface area contributed by atoms with Crippen molar-refractivity contribution in [2.45, 2.75) is 19.6 Å². The molecule has 3 aromatic rings. The number of rotatable bonds is 4. The average Bonchev–Trinajstić information content (AvgIpc) is 3.06. The SMILES string of the molecule is Cc1ccc(NC(=O)Cn2nnc(-c3cccc(C(F)(F)F)c3)n2)cc1F. The molecule has 0 bridgehead atoms. The Labute approximate surface area is 150 Å². The highest BCUT2D eigenvalue weighted by Gasteiger charge is 2.30. The molecule has 0 fully saturated rings. The van der Waals surface area contributed by atoms with Crippen LogP contribution in [0.2, 0.25) is 0 Å². The van der Waals surface area contributed by atoms with Gasteiger partial charge in [-0.1, -0.05) is 18.2 Å². The van der Waals surface area contributed by atoms with E-state index >= 15 is 0 Å². The number of hydrogen-bond acceptors (Lipinski definition) is 4. The van der Waals surface area contributed by atoms with Crippen molar-refractivity contribution in [3.63, 3.8) is 0 Å². The van der Waals surface area contributed by atoms with Gasteiger partial charge in [-0.05, 0) is 42.0 Å². The number of carbonyl (C=O) groups is 1. The van der Waals surface area contributed by atoms with Crippen LogP contribution in [0.1, 0.15) is 11.1 Å². The normalized spacial score (nSPS) is 11.4. The molecule has 10 heteroatoms. The average molecular weight is 379 g/mol. The summed E-state index contributed by atoms with van der Waals surface area (Å²) in [5.41, 5.74) is -0.00873. The Morgan fingerprint density at radius 1 is 1.19 bits per heavy atom. The number of halogens is 4. The smallest absolute Gasteiger partial charge is 0.324 e. The van der Waals surface area contributed by atoms with Crippen LogP contribution in [0.3, 0.4) is 0 Å². The lowest BCUT2D eigenvalue weighted by Gasteiger charge is -2.06. The van der Waals surface area contributed by atoms with Gasteiger partial charge in [-0.2, -0.15) is 18.0 Å². The van der Waals surface area contributed by atoms with E-state index in [9.17, 15) is 22.4 Å². The van der Waals surface area contributed by atoms with Crippen molar-refractivity contribution < 1.29 is 22.4 Å². The third-order valence-electron chi connectivity index (χ3n) is 3.64. The Balaban J connectivity index is 1.70. The molecule has 0 saturated carbocycles. The molecular formula is C17H13F4N5O. The van der Waals surface area contributed by atoms with E-state index in [1.807, 2.05) is 0 Å². The van der Waals surface area contributed by atoms with Gasteiger partial charge in [0.1, 0.15) is 12.4 Å². The molecule has 140 valence electrons. The quantitative estimate of drug-likeness (QED) is 0.705. The molecule has 1 N–H and O–H groups in total. The van der Waals surface area contributed by atoms with Gasteiger partial charge in [0, 0.05) is 11.3 Å². The van der Waals surface area contributed by atoms with Gasteiger partial charge in [0.05, 0.1) is 5.56 Å². The number of benzene rings is 2. The summed E-state index contributed by atoms with van der Waals surface area (Å²) in [5, 5.41) is 13.7. The van der Waals surface area contributed by atoms with Crippen molar-refractivity contribution in [2.24, 2.45) is 0 Å². The molecule has 0 atom stereocenters. The standard InChI is InChI=1S/C17H13F4N5O/c1-10-5-6-13(8-14(10)18)22-15(27)9-26-24-16(23-25-26)11-3-2-4-12(7-11)17(19,20)21/h2-8H,9H2,1H3,(H,22,27). The molecule has 6 nitrogen and oxygen atoms in total. The predicted octanol–water partition coefficient (Wildman–Crippen LogP) is 3.45. The monoisotopic (exact) mass is 379 g/mol. The lowest BCUT2D eigenvalue weighted by molar-refractivity contribution is -0.137. The lowest BCUT2D eigenvalue weighted by Crippen LogP contribution is -2.20. The van der Waals surface area contributed by atoms with Crippen LogP contribution >= 0.6 is 0 Å². The van der Waals surface area contributed by atoms with Crippen LogP contribution in [0.15, 0.2) is 42.5 Å². The zero-order valence-electron chi connectivity index (χ0n) is 14.0. The molecule has 0 unspecified atom stereocenters. The zero-order chi connectivity index (χ0) is 19.6. The molecule has 0 spiro atoms. The number of aryl methyl sites for hydroxylation is 1. The first-order chi connectivity index (χ1) is 12.7. The van der Waals surface area contributed by atoms with Crippen molar-refractivity contribution in [1.29, 1.82) is 0 Å². The van der Waals surface area contributed by atoms with E-state index in [1.165, 1.54) is 24.3 Å². The van der Waals surface area contributed by atoms with Crippen LogP contribution in [0, 0.1) is 12.7 Å². The van der Waals surface area contributed by atoms with Crippen LogP contribution in [-0.2, 0) is 17.5 Å². The summed E-state index contributed by atoms with van der Waals surface area (Å²) in [6.07, 6.45) is -4.49. The molecule has 0 aliphatic carbocycles. The molecule has 1 amide bonds. The number of anilines is 1. The summed E-state index contributed by atoms with van der Waals surface area (Å²) >= 11 is 0. The number of carbonyl (C=O) groups excluding carboxylic acids is 1. The number of alkyl halides is 3. The third-order valence-corrected chi connectivity index (χ3v) is 3.64. The van der Waals surface area contributed by atoms with Crippen LogP contribution < -0.4 is 5.32 Å². The number of hydrogen-bond donors (Lipinski definition) is 1. The van der Waals surface area contributed by atoms with Gasteiger partial charge in [0.25, 0.3) is 0 Å². The Bertz CT molecular complexity index is 983. The Hall–Kier alpha value is -3.30. The van der Waals surface area contributed by atoms with Crippen molar-refractivity contribution in [2.75, 3.05) is 5.32 Å². The van der Waals surface area contributed by atoms with Gasteiger partial charge >= 0.3 is 6.18 Å². The second-order valence-corrected chi connectivity index (χ2v) is 5.73. The summed E-state index contributed by atoms with van der Waals surface area (Å²) in [4.78, 5) is 12.9. The minimum Gasteiger partial charge on any atom is -0.324 e. The Morgan fingerprint density at radius 2 is 1.96 bits per heavy atom. The molecular weight excluding hydrogens is 366 g/mol. The van der Waals surface area contributed by atoms with E-state index in [0.29, 0.717) is 5.56 Å². The van der Waals surface area contributed by atoms with E-state index in [0.717, 1.165) is 16.9 Å².